The average molecular weight is 272 g/mol. The van der Waals surface area contributed by atoms with Gasteiger partial charge in [-0.25, -0.2) is 0 Å². The molecule has 0 aromatic carbocycles. The second-order valence-electron chi connectivity index (χ2n) is 6.53. The molecule has 108 valence electrons. The molecule has 3 aliphatic rings. The molecule has 0 amide bonds. The van der Waals surface area contributed by atoms with Gasteiger partial charge in [0.2, 0.25) is 0 Å². The van der Waals surface area contributed by atoms with Gasteiger partial charge in [0.25, 0.3) is 0 Å². The third-order valence-electron chi connectivity index (χ3n) is 5.43. The van der Waals surface area contributed by atoms with Crippen LogP contribution >= 0.6 is 0 Å². The van der Waals surface area contributed by atoms with E-state index in [1.165, 1.54) is 24.0 Å². The molecule has 0 fully saturated rings. The van der Waals surface area contributed by atoms with Crippen LogP contribution in [-0.2, 0) is 9.59 Å². The van der Waals surface area contributed by atoms with Crippen molar-refractivity contribution in [2.24, 2.45) is 11.8 Å². The fraction of sp³-hybridized carbons (Fsp3) is 0.667. The van der Waals surface area contributed by atoms with Crippen LogP contribution in [0.25, 0.3) is 0 Å². The number of carbonyl (C=O) groups is 2. The predicted molar refractivity (Wildman–Crippen MR) is 79.3 cm³/mol. The van der Waals surface area contributed by atoms with E-state index in [4.69, 9.17) is 0 Å². The van der Waals surface area contributed by atoms with Crippen molar-refractivity contribution >= 4 is 11.6 Å². The first-order chi connectivity index (χ1) is 9.69. The third kappa shape index (κ3) is 2.53. The number of hydrogen-bond acceptors (Lipinski definition) is 2. The normalized spacial score (nSPS) is 31.1. The topological polar surface area (TPSA) is 34.1 Å². The Balaban J connectivity index is 1.84. The molecule has 0 bridgehead atoms. The Morgan fingerprint density at radius 2 is 1.85 bits per heavy atom. The lowest BCUT2D eigenvalue weighted by molar-refractivity contribution is -0.119. The maximum Gasteiger partial charge on any atom is 0.137 e. The van der Waals surface area contributed by atoms with Crippen LogP contribution in [0.4, 0.5) is 0 Å². The summed E-state index contributed by atoms with van der Waals surface area (Å²) < 4.78 is 0. The Labute approximate surface area is 121 Å². The Bertz CT molecular complexity index is 496. The molecule has 0 saturated carbocycles. The molecule has 3 aliphatic carbocycles. The monoisotopic (exact) mass is 272 g/mol. The zero-order valence-electron chi connectivity index (χ0n) is 12.4. The van der Waals surface area contributed by atoms with Crippen LogP contribution in [0.1, 0.15) is 64.7 Å². The fourth-order valence-electron chi connectivity index (χ4n) is 4.41. The summed E-state index contributed by atoms with van der Waals surface area (Å²) >= 11 is 0. The third-order valence-corrected chi connectivity index (χ3v) is 5.43. The molecule has 0 aromatic rings. The van der Waals surface area contributed by atoms with Crippen molar-refractivity contribution in [3.63, 3.8) is 0 Å². The van der Waals surface area contributed by atoms with E-state index in [0.717, 1.165) is 38.5 Å². The van der Waals surface area contributed by atoms with E-state index in [9.17, 15) is 9.59 Å². The summed E-state index contributed by atoms with van der Waals surface area (Å²) in [5, 5.41) is 0. The highest BCUT2D eigenvalue weighted by molar-refractivity contribution is 5.83. The number of allylic oxidation sites excluding steroid dienone is 4. The fourth-order valence-corrected chi connectivity index (χ4v) is 4.41. The minimum atomic E-state index is 0.390. The Hall–Kier alpha value is -1.18. The average Bonchev–Trinajstić information content (AvgIpc) is 2.46. The van der Waals surface area contributed by atoms with E-state index in [0.29, 0.717) is 29.8 Å². The molecule has 0 aromatic heterocycles. The van der Waals surface area contributed by atoms with E-state index in [1.54, 1.807) is 5.57 Å². The van der Waals surface area contributed by atoms with Crippen LogP contribution in [0.15, 0.2) is 22.8 Å². The zero-order chi connectivity index (χ0) is 14.1. The molecule has 0 saturated heterocycles. The summed E-state index contributed by atoms with van der Waals surface area (Å²) in [6, 6.07) is 0. The second kappa shape index (κ2) is 5.67. The van der Waals surface area contributed by atoms with Gasteiger partial charge in [-0.05, 0) is 43.9 Å². The molecule has 0 N–H and O–H groups in total. The van der Waals surface area contributed by atoms with Crippen LogP contribution in [-0.4, -0.2) is 11.6 Å². The van der Waals surface area contributed by atoms with Gasteiger partial charge in [0.15, 0.2) is 0 Å². The molecule has 0 spiro atoms. The van der Waals surface area contributed by atoms with Gasteiger partial charge < -0.3 is 0 Å². The molecule has 2 heteroatoms. The molecule has 20 heavy (non-hydrogen) atoms. The van der Waals surface area contributed by atoms with Gasteiger partial charge in [0.05, 0.1) is 0 Å². The largest absolute Gasteiger partial charge is 0.299 e. The van der Waals surface area contributed by atoms with E-state index in [1.807, 2.05) is 0 Å². The summed E-state index contributed by atoms with van der Waals surface area (Å²) in [6.45, 7) is 2.28. The van der Waals surface area contributed by atoms with Gasteiger partial charge in [-0.15, -0.1) is 0 Å². The molecule has 3 rings (SSSR count). The lowest BCUT2D eigenvalue weighted by atomic mass is 9.65. The first-order valence-electron chi connectivity index (χ1n) is 8.12. The maximum atomic E-state index is 11.6. The smallest absolute Gasteiger partial charge is 0.137 e. The van der Waals surface area contributed by atoms with Crippen molar-refractivity contribution in [1.82, 2.24) is 0 Å². The Morgan fingerprint density at radius 3 is 2.55 bits per heavy atom. The number of hydrogen-bond donors (Lipinski definition) is 0. The molecule has 2 unspecified atom stereocenters. The van der Waals surface area contributed by atoms with Crippen LogP contribution in [0.2, 0.25) is 0 Å². The second-order valence-corrected chi connectivity index (χ2v) is 6.53. The van der Waals surface area contributed by atoms with Crippen LogP contribution < -0.4 is 0 Å². The summed E-state index contributed by atoms with van der Waals surface area (Å²) in [5.74, 6) is 2.09. The first-order valence-corrected chi connectivity index (χ1v) is 8.12. The Kier molecular flexibility index (Phi) is 3.91. The van der Waals surface area contributed by atoms with Gasteiger partial charge in [0, 0.05) is 25.7 Å². The van der Waals surface area contributed by atoms with Crippen molar-refractivity contribution in [1.29, 1.82) is 0 Å². The summed E-state index contributed by atoms with van der Waals surface area (Å²) in [7, 11) is 0. The molecule has 0 heterocycles. The van der Waals surface area contributed by atoms with Crippen molar-refractivity contribution in [3.8, 4) is 0 Å². The molecule has 0 radical (unpaired) electrons. The van der Waals surface area contributed by atoms with Crippen LogP contribution in [0, 0.1) is 11.8 Å². The minimum absolute atomic E-state index is 0.390. The quantitative estimate of drug-likeness (QED) is 0.708. The molecule has 0 aliphatic heterocycles. The Morgan fingerprint density at radius 1 is 1.05 bits per heavy atom. The lowest BCUT2D eigenvalue weighted by Crippen LogP contribution is -2.28. The molecule has 2 nitrogen and oxygen atoms in total. The van der Waals surface area contributed by atoms with Gasteiger partial charge >= 0.3 is 0 Å². The van der Waals surface area contributed by atoms with Crippen LogP contribution in [0.5, 0.6) is 0 Å². The number of carbonyl (C=O) groups excluding carboxylic acids is 2. The maximum absolute atomic E-state index is 11.6. The van der Waals surface area contributed by atoms with E-state index >= 15 is 0 Å². The summed E-state index contributed by atoms with van der Waals surface area (Å²) in [6.07, 6.45) is 10.5. The van der Waals surface area contributed by atoms with Crippen molar-refractivity contribution in [2.45, 2.75) is 64.7 Å². The minimum Gasteiger partial charge on any atom is -0.299 e. The zero-order valence-corrected chi connectivity index (χ0v) is 12.4. The highest BCUT2D eigenvalue weighted by Gasteiger charge is 2.35. The number of ketones is 2. The predicted octanol–water partition coefficient (Wildman–Crippen LogP) is 4.15. The SMILES string of the molecule is CCC1C2=C(CCC1C1=CCC(=O)CC1)CC(=O)CC2. The standard InChI is InChI=1S/C18H24O2/c1-2-16-17(12-3-6-14(19)7-4-12)9-5-13-11-15(20)8-10-18(13)16/h3,16-17H,2,4-11H2,1H3. The molecular weight excluding hydrogens is 248 g/mol. The highest BCUT2D eigenvalue weighted by atomic mass is 16.1. The van der Waals surface area contributed by atoms with Gasteiger partial charge in [0.1, 0.15) is 11.6 Å². The van der Waals surface area contributed by atoms with E-state index in [2.05, 4.69) is 13.0 Å². The highest BCUT2D eigenvalue weighted by Crippen LogP contribution is 2.46. The first kappa shape index (κ1) is 13.8. The van der Waals surface area contributed by atoms with E-state index < -0.39 is 0 Å². The summed E-state index contributed by atoms with van der Waals surface area (Å²) in [4.78, 5) is 23.1. The molecular formula is C18H24O2. The van der Waals surface area contributed by atoms with Gasteiger partial charge in [-0.2, -0.15) is 0 Å². The van der Waals surface area contributed by atoms with E-state index in [-0.39, 0.29) is 0 Å². The van der Waals surface area contributed by atoms with Crippen LogP contribution in [0.3, 0.4) is 0 Å². The van der Waals surface area contributed by atoms with Gasteiger partial charge in [-0.3, -0.25) is 9.59 Å². The van der Waals surface area contributed by atoms with Crippen molar-refractivity contribution < 1.29 is 9.59 Å². The number of Topliss-reactive ketones (excluding diaryl/α,β-unsaturated/α-hetero) is 2. The van der Waals surface area contributed by atoms with Gasteiger partial charge in [-0.1, -0.05) is 29.7 Å². The molecule has 2 atom stereocenters. The summed E-state index contributed by atoms with van der Waals surface area (Å²) in [5.41, 5.74) is 4.58. The lowest BCUT2D eigenvalue weighted by Gasteiger charge is -2.39. The van der Waals surface area contributed by atoms with Crippen molar-refractivity contribution in [3.05, 3.63) is 22.8 Å². The number of rotatable bonds is 2. The van der Waals surface area contributed by atoms with Crippen molar-refractivity contribution in [2.75, 3.05) is 0 Å².